The summed E-state index contributed by atoms with van der Waals surface area (Å²) in [5.41, 5.74) is 1.81. The van der Waals surface area contributed by atoms with Crippen molar-refractivity contribution in [1.29, 1.82) is 0 Å². The first-order chi connectivity index (χ1) is 12.9. The Balaban J connectivity index is 1.69. The summed E-state index contributed by atoms with van der Waals surface area (Å²) in [7, 11) is -3.57. The Labute approximate surface area is 157 Å². The molecule has 0 aliphatic carbocycles. The second-order valence-electron chi connectivity index (χ2n) is 6.07. The van der Waals surface area contributed by atoms with Gasteiger partial charge in [0, 0.05) is 24.7 Å². The third kappa shape index (κ3) is 4.47. The first-order valence-corrected chi connectivity index (χ1v) is 9.82. The average molecular weight is 387 g/mol. The number of aromatic nitrogens is 1. The monoisotopic (exact) mass is 387 g/mol. The first kappa shape index (κ1) is 18.9. The summed E-state index contributed by atoms with van der Waals surface area (Å²) in [6.07, 6.45) is 1.80. The smallest absolute Gasteiger partial charge is 0.240 e. The zero-order chi connectivity index (χ0) is 19.4. The molecule has 0 saturated heterocycles. The molecule has 142 valence electrons. The van der Waals surface area contributed by atoms with Gasteiger partial charge in [-0.3, -0.25) is 0 Å². The van der Waals surface area contributed by atoms with Gasteiger partial charge in [-0.1, -0.05) is 23.8 Å². The summed E-state index contributed by atoms with van der Waals surface area (Å²) in [5.74, 6) is -0.854. The highest BCUT2D eigenvalue weighted by Crippen LogP contribution is 2.26. The third-order valence-corrected chi connectivity index (χ3v) is 5.57. The summed E-state index contributed by atoms with van der Waals surface area (Å²) in [6.45, 7) is 2.00. The van der Waals surface area contributed by atoms with Crippen LogP contribution >= 0.6 is 0 Å². The van der Waals surface area contributed by atoms with Crippen molar-refractivity contribution in [1.82, 2.24) is 9.29 Å². The number of nitrogens with zero attached hydrogens (tertiary/aromatic N) is 1. The quantitative estimate of drug-likeness (QED) is 0.623. The van der Waals surface area contributed by atoms with Crippen LogP contribution in [0.1, 0.15) is 5.56 Å². The molecule has 2 aromatic carbocycles. The Morgan fingerprint density at radius 2 is 1.89 bits per heavy atom. The second kappa shape index (κ2) is 7.81. The lowest BCUT2D eigenvalue weighted by molar-refractivity contribution is -0.307. The minimum Gasteiger partial charge on any atom is -0.546 e. The topological polar surface area (TPSA) is 100 Å². The van der Waals surface area contributed by atoms with Crippen molar-refractivity contribution >= 4 is 26.9 Å². The van der Waals surface area contributed by atoms with Crippen LogP contribution in [-0.2, 0) is 21.4 Å². The number of hydrogen-bond acceptors (Lipinski definition) is 5. The predicted molar refractivity (Wildman–Crippen MR) is 98.8 cm³/mol. The maximum Gasteiger partial charge on any atom is 0.240 e. The van der Waals surface area contributed by atoms with Gasteiger partial charge in [-0.05, 0) is 37.3 Å². The number of ether oxygens (including phenoxy) is 1. The van der Waals surface area contributed by atoms with Crippen LogP contribution in [0.25, 0.3) is 10.9 Å². The van der Waals surface area contributed by atoms with Crippen LogP contribution in [0.2, 0.25) is 0 Å². The van der Waals surface area contributed by atoms with Gasteiger partial charge < -0.3 is 19.2 Å². The zero-order valence-electron chi connectivity index (χ0n) is 14.7. The normalized spacial score (nSPS) is 11.6. The fourth-order valence-corrected chi connectivity index (χ4v) is 3.78. The SMILES string of the molecule is Cc1ccc(S(=O)(=O)NCCn2ccc3c(OCC(=O)[O-])cccc32)cc1. The van der Waals surface area contributed by atoms with E-state index in [1.165, 1.54) is 0 Å². The summed E-state index contributed by atoms with van der Waals surface area (Å²) >= 11 is 0. The molecule has 0 aliphatic heterocycles. The molecule has 1 aromatic heterocycles. The molecule has 0 bridgehead atoms. The van der Waals surface area contributed by atoms with Gasteiger partial charge in [-0.2, -0.15) is 0 Å². The average Bonchev–Trinajstić information content (AvgIpc) is 3.04. The molecule has 0 atom stereocenters. The maximum absolute atomic E-state index is 12.3. The molecule has 0 radical (unpaired) electrons. The van der Waals surface area contributed by atoms with E-state index in [0.29, 0.717) is 12.3 Å². The molecule has 3 aromatic rings. The molecule has 0 aliphatic rings. The molecule has 0 saturated carbocycles. The van der Waals surface area contributed by atoms with E-state index in [4.69, 9.17) is 4.74 Å². The molecular weight excluding hydrogens is 368 g/mol. The minimum atomic E-state index is -3.57. The molecule has 0 fully saturated rings. The molecule has 3 rings (SSSR count). The number of benzene rings is 2. The van der Waals surface area contributed by atoms with Gasteiger partial charge in [-0.15, -0.1) is 0 Å². The zero-order valence-corrected chi connectivity index (χ0v) is 15.5. The van der Waals surface area contributed by atoms with Crippen LogP contribution < -0.4 is 14.6 Å². The van der Waals surface area contributed by atoms with E-state index in [0.717, 1.165) is 16.5 Å². The van der Waals surface area contributed by atoms with Gasteiger partial charge in [0.1, 0.15) is 12.4 Å². The van der Waals surface area contributed by atoms with Gasteiger partial charge in [-0.25, -0.2) is 13.1 Å². The molecule has 8 heteroatoms. The third-order valence-electron chi connectivity index (χ3n) is 4.10. The van der Waals surface area contributed by atoms with E-state index in [9.17, 15) is 18.3 Å². The largest absolute Gasteiger partial charge is 0.546 e. The Morgan fingerprint density at radius 3 is 2.59 bits per heavy atom. The first-order valence-electron chi connectivity index (χ1n) is 8.34. The second-order valence-corrected chi connectivity index (χ2v) is 7.84. The molecule has 1 N–H and O–H groups in total. The van der Waals surface area contributed by atoms with Crippen LogP contribution in [0.4, 0.5) is 0 Å². The number of carbonyl (C=O) groups excluding carboxylic acids is 1. The van der Waals surface area contributed by atoms with Gasteiger partial charge in [0.05, 0.1) is 16.4 Å². The van der Waals surface area contributed by atoms with Gasteiger partial charge in [0.25, 0.3) is 0 Å². The lowest BCUT2D eigenvalue weighted by Gasteiger charge is -2.10. The number of rotatable bonds is 8. The predicted octanol–water partition coefficient (Wildman–Crippen LogP) is 1.06. The number of nitrogens with one attached hydrogen (secondary N) is 1. The van der Waals surface area contributed by atoms with Gasteiger partial charge in [0.2, 0.25) is 10.0 Å². The number of aryl methyl sites for hydroxylation is 1. The maximum atomic E-state index is 12.3. The van der Waals surface area contributed by atoms with E-state index in [1.54, 1.807) is 48.7 Å². The molecular formula is C19H19N2O5S-. The Bertz CT molecular complexity index is 1060. The number of aliphatic carboxylic acids is 1. The van der Waals surface area contributed by atoms with Crippen molar-refractivity contribution in [2.45, 2.75) is 18.4 Å². The number of carboxylic acid groups (broad SMARTS) is 1. The van der Waals surface area contributed by atoms with Crippen molar-refractivity contribution in [3.8, 4) is 5.75 Å². The summed E-state index contributed by atoms with van der Waals surface area (Å²) in [6, 6.07) is 13.7. The van der Waals surface area contributed by atoms with E-state index in [-0.39, 0.29) is 11.4 Å². The fourth-order valence-electron chi connectivity index (χ4n) is 2.75. The highest BCUT2D eigenvalue weighted by Gasteiger charge is 2.13. The Morgan fingerprint density at radius 1 is 1.15 bits per heavy atom. The van der Waals surface area contributed by atoms with E-state index in [1.807, 2.05) is 17.6 Å². The van der Waals surface area contributed by atoms with Crippen molar-refractivity contribution in [2.24, 2.45) is 0 Å². The highest BCUT2D eigenvalue weighted by molar-refractivity contribution is 7.89. The molecule has 0 amide bonds. The van der Waals surface area contributed by atoms with Crippen LogP contribution in [0.3, 0.4) is 0 Å². The van der Waals surface area contributed by atoms with E-state index >= 15 is 0 Å². The lowest BCUT2D eigenvalue weighted by atomic mass is 10.2. The number of fused-ring (bicyclic) bond motifs is 1. The molecule has 27 heavy (non-hydrogen) atoms. The number of sulfonamides is 1. The standard InChI is InChI=1S/C19H20N2O5S/c1-14-5-7-15(8-6-14)27(24,25)20-10-12-21-11-9-16-17(21)3-2-4-18(16)26-13-19(22)23/h2-9,11,20H,10,12-13H2,1H3,(H,22,23)/p-1. The van der Waals surface area contributed by atoms with E-state index < -0.39 is 22.6 Å². The lowest BCUT2D eigenvalue weighted by Crippen LogP contribution is -2.28. The van der Waals surface area contributed by atoms with Crippen LogP contribution in [-0.4, -0.2) is 32.1 Å². The minimum absolute atomic E-state index is 0.212. The Kier molecular flexibility index (Phi) is 5.48. The molecule has 1 heterocycles. The van der Waals surface area contributed by atoms with Crippen molar-refractivity contribution in [3.63, 3.8) is 0 Å². The molecule has 0 spiro atoms. The van der Waals surface area contributed by atoms with Gasteiger partial charge in [0.15, 0.2) is 0 Å². The highest BCUT2D eigenvalue weighted by atomic mass is 32.2. The number of carboxylic acids is 1. The number of hydrogen-bond donors (Lipinski definition) is 1. The van der Waals surface area contributed by atoms with Crippen molar-refractivity contribution < 1.29 is 23.1 Å². The van der Waals surface area contributed by atoms with E-state index in [2.05, 4.69) is 4.72 Å². The summed E-state index contributed by atoms with van der Waals surface area (Å²) in [4.78, 5) is 10.8. The molecule has 0 unspecified atom stereocenters. The van der Waals surface area contributed by atoms with Gasteiger partial charge >= 0.3 is 0 Å². The van der Waals surface area contributed by atoms with Crippen LogP contribution in [0.5, 0.6) is 5.75 Å². The van der Waals surface area contributed by atoms with Crippen molar-refractivity contribution in [3.05, 3.63) is 60.3 Å². The van der Waals surface area contributed by atoms with Crippen molar-refractivity contribution in [2.75, 3.05) is 13.2 Å². The van der Waals surface area contributed by atoms with Crippen LogP contribution in [0, 0.1) is 6.92 Å². The van der Waals surface area contributed by atoms with Crippen LogP contribution in [0.15, 0.2) is 59.6 Å². The summed E-state index contributed by atoms with van der Waals surface area (Å²) < 4.78 is 34.4. The number of carbonyl (C=O) groups is 1. The molecule has 7 nitrogen and oxygen atoms in total. The summed E-state index contributed by atoms with van der Waals surface area (Å²) in [5, 5.41) is 11.3. The Hall–Kier alpha value is -2.84. The fraction of sp³-hybridized carbons (Fsp3) is 0.211.